The first-order valence-electron chi connectivity index (χ1n) is 3.51. The molecule has 0 heterocycles. The minimum atomic E-state index is 0.649. The highest BCUT2D eigenvalue weighted by atomic mass is 15.1. The Hall–Kier alpha value is -0.790. The van der Waals surface area contributed by atoms with Gasteiger partial charge in [0.2, 0.25) is 0 Å². The maximum atomic E-state index is 3.89. The fourth-order valence-corrected chi connectivity index (χ4v) is 0.739. The Bertz CT molecular complexity index is 116. The van der Waals surface area contributed by atoms with Crippen LogP contribution in [0, 0.1) is 5.92 Å². The monoisotopic (exact) mass is 140 g/mol. The lowest BCUT2D eigenvalue weighted by Gasteiger charge is -2.15. The van der Waals surface area contributed by atoms with Gasteiger partial charge in [0.15, 0.2) is 0 Å². The molecule has 0 aromatic heterocycles. The van der Waals surface area contributed by atoms with Gasteiger partial charge in [-0.2, -0.15) is 0 Å². The van der Waals surface area contributed by atoms with Crippen molar-refractivity contribution in [2.24, 2.45) is 10.9 Å². The molecule has 0 saturated carbocycles. The van der Waals surface area contributed by atoms with E-state index < -0.39 is 0 Å². The van der Waals surface area contributed by atoms with Gasteiger partial charge in [0.1, 0.15) is 0 Å². The molecule has 0 aromatic carbocycles. The van der Waals surface area contributed by atoms with Crippen molar-refractivity contribution in [2.45, 2.75) is 13.8 Å². The highest BCUT2D eigenvalue weighted by Gasteiger charge is 1.96. The molecule has 2 nitrogen and oxygen atoms in total. The first kappa shape index (κ1) is 9.21. The van der Waals surface area contributed by atoms with E-state index >= 15 is 0 Å². The number of rotatable bonds is 4. The van der Waals surface area contributed by atoms with Gasteiger partial charge >= 0.3 is 0 Å². The molecule has 0 bridgehead atoms. The summed E-state index contributed by atoms with van der Waals surface area (Å²) >= 11 is 0. The summed E-state index contributed by atoms with van der Waals surface area (Å²) in [6.45, 7) is 8.99. The van der Waals surface area contributed by atoms with Crippen LogP contribution in [0.25, 0.3) is 0 Å². The number of hydrogen-bond acceptors (Lipinski definition) is 1. The van der Waals surface area contributed by atoms with E-state index in [0.29, 0.717) is 5.92 Å². The van der Waals surface area contributed by atoms with Crippen LogP contribution in [-0.4, -0.2) is 24.8 Å². The molecule has 0 aliphatic heterocycles. The van der Waals surface area contributed by atoms with Gasteiger partial charge in [-0.15, -0.1) is 0 Å². The van der Waals surface area contributed by atoms with Crippen LogP contribution in [-0.2, 0) is 0 Å². The lowest BCUT2D eigenvalue weighted by Crippen LogP contribution is -2.19. The molecule has 0 unspecified atom stereocenters. The predicted molar refractivity (Wildman–Crippen MR) is 46.2 cm³/mol. The molecule has 10 heavy (non-hydrogen) atoms. The summed E-state index contributed by atoms with van der Waals surface area (Å²) in [5.74, 6) is 0.649. The van der Waals surface area contributed by atoms with Gasteiger partial charge in [-0.1, -0.05) is 20.4 Å². The second kappa shape index (κ2) is 5.03. The Labute approximate surface area is 63.3 Å². The van der Waals surface area contributed by atoms with Crippen molar-refractivity contribution in [3.63, 3.8) is 0 Å². The molecular formula is C8H16N2. The lowest BCUT2D eigenvalue weighted by molar-refractivity contribution is 0.468. The highest BCUT2D eigenvalue weighted by molar-refractivity contribution is 5.55. The van der Waals surface area contributed by atoms with Crippen molar-refractivity contribution in [1.29, 1.82) is 0 Å². The molecule has 0 fully saturated rings. The largest absolute Gasteiger partial charge is 0.340 e. The molecule has 0 aromatic rings. The Morgan fingerprint density at radius 3 is 2.50 bits per heavy atom. The third kappa shape index (κ3) is 4.13. The summed E-state index contributed by atoms with van der Waals surface area (Å²) in [6.07, 6.45) is 3.57. The predicted octanol–water partition coefficient (Wildman–Crippen LogP) is 1.75. The van der Waals surface area contributed by atoms with Crippen molar-refractivity contribution < 1.29 is 0 Å². The van der Waals surface area contributed by atoms with Crippen LogP contribution in [0.1, 0.15) is 13.8 Å². The molecule has 0 amide bonds. The molecule has 0 rings (SSSR count). The van der Waals surface area contributed by atoms with Crippen molar-refractivity contribution in [3.05, 3.63) is 12.8 Å². The zero-order valence-electron chi connectivity index (χ0n) is 7.04. The molecular weight excluding hydrogens is 124 g/mol. The van der Waals surface area contributed by atoms with E-state index in [4.69, 9.17) is 0 Å². The Kier molecular flexibility index (Phi) is 4.63. The van der Waals surface area contributed by atoms with E-state index in [1.165, 1.54) is 0 Å². The molecule has 2 heteroatoms. The van der Waals surface area contributed by atoms with Crippen molar-refractivity contribution >= 4 is 6.34 Å². The molecule has 0 aliphatic carbocycles. The molecule has 0 N–H and O–H groups in total. The number of hydrogen-bond donors (Lipinski definition) is 0. The summed E-state index contributed by atoms with van der Waals surface area (Å²) in [7, 11) is 1.76. The summed E-state index contributed by atoms with van der Waals surface area (Å²) in [4.78, 5) is 5.87. The van der Waals surface area contributed by atoms with E-state index in [1.807, 2.05) is 4.90 Å². The third-order valence-corrected chi connectivity index (χ3v) is 1.07. The number of nitrogens with zero attached hydrogens (tertiary/aromatic N) is 2. The van der Waals surface area contributed by atoms with Crippen LogP contribution >= 0.6 is 0 Å². The molecule has 0 saturated heterocycles. The van der Waals surface area contributed by atoms with E-state index in [1.54, 1.807) is 19.6 Å². The van der Waals surface area contributed by atoms with Gasteiger partial charge in [-0.25, -0.2) is 0 Å². The summed E-state index contributed by atoms with van der Waals surface area (Å²) in [5, 5.41) is 0. The summed E-state index contributed by atoms with van der Waals surface area (Å²) in [6, 6.07) is 0. The normalized spacial score (nSPS) is 10.8. The minimum absolute atomic E-state index is 0.649. The number of aliphatic imine (C=N–C) groups is 1. The average molecular weight is 140 g/mol. The molecule has 0 atom stereocenters. The van der Waals surface area contributed by atoms with Crippen LogP contribution in [0.5, 0.6) is 0 Å². The quantitative estimate of drug-likeness (QED) is 0.429. The topological polar surface area (TPSA) is 15.6 Å². The van der Waals surface area contributed by atoms with Crippen LogP contribution < -0.4 is 0 Å². The highest BCUT2D eigenvalue weighted by Crippen LogP contribution is 1.95. The van der Waals surface area contributed by atoms with E-state index in [2.05, 4.69) is 25.4 Å². The van der Waals surface area contributed by atoms with E-state index in [0.717, 1.165) is 6.54 Å². The van der Waals surface area contributed by atoms with E-state index in [9.17, 15) is 0 Å². The fraction of sp³-hybridized carbons (Fsp3) is 0.625. The Balaban J connectivity index is 3.71. The lowest BCUT2D eigenvalue weighted by atomic mass is 10.2. The maximum absolute atomic E-state index is 3.89. The second-order valence-electron chi connectivity index (χ2n) is 2.65. The van der Waals surface area contributed by atoms with Crippen LogP contribution in [0.2, 0.25) is 0 Å². The summed E-state index contributed by atoms with van der Waals surface area (Å²) in [5.41, 5.74) is 0. The smallest absolute Gasteiger partial charge is 0.0886 e. The second-order valence-corrected chi connectivity index (χ2v) is 2.65. The Morgan fingerprint density at radius 2 is 2.20 bits per heavy atom. The van der Waals surface area contributed by atoms with Crippen LogP contribution in [0.15, 0.2) is 17.8 Å². The SMILES string of the molecule is C=CN(C=NC)CC(C)C. The first-order valence-corrected chi connectivity index (χ1v) is 3.51. The van der Waals surface area contributed by atoms with Gasteiger partial charge in [-0.3, -0.25) is 4.99 Å². The van der Waals surface area contributed by atoms with Crippen LogP contribution in [0.4, 0.5) is 0 Å². The zero-order valence-corrected chi connectivity index (χ0v) is 7.04. The standard InChI is InChI=1S/C8H16N2/c1-5-10(7-9-4)6-8(2)3/h5,7-8H,1,6H2,2-4H3. The first-order chi connectivity index (χ1) is 4.70. The Morgan fingerprint density at radius 1 is 1.60 bits per heavy atom. The zero-order chi connectivity index (χ0) is 7.98. The fourth-order valence-electron chi connectivity index (χ4n) is 0.739. The van der Waals surface area contributed by atoms with Crippen molar-refractivity contribution in [1.82, 2.24) is 4.90 Å². The van der Waals surface area contributed by atoms with Crippen LogP contribution in [0.3, 0.4) is 0 Å². The van der Waals surface area contributed by atoms with Gasteiger partial charge < -0.3 is 4.90 Å². The molecule has 58 valence electrons. The van der Waals surface area contributed by atoms with Gasteiger partial charge in [-0.05, 0) is 12.1 Å². The molecule has 0 spiro atoms. The minimum Gasteiger partial charge on any atom is -0.340 e. The van der Waals surface area contributed by atoms with E-state index in [-0.39, 0.29) is 0 Å². The van der Waals surface area contributed by atoms with Crippen molar-refractivity contribution in [2.75, 3.05) is 13.6 Å². The molecule has 0 radical (unpaired) electrons. The van der Waals surface area contributed by atoms with Crippen molar-refractivity contribution in [3.8, 4) is 0 Å². The third-order valence-electron chi connectivity index (χ3n) is 1.07. The van der Waals surface area contributed by atoms with Gasteiger partial charge in [0, 0.05) is 13.6 Å². The maximum Gasteiger partial charge on any atom is 0.0886 e. The average Bonchev–Trinajstić information content (AvgIpc) is 1.86. The van der Waals surface area contributed by atoms with Gasteiger partial charge in [0.25, 0.3) is 0 Å². The van der Waals surface area contributed by atoms with Gasteiger partial charge in [0.05, 0.1) is 6.34 Å². The molecule has 0 aliphatic rings. The summed E-state index contributed by atoms with van der Waals surface area (Å²) < 4.78 is 0.